The molecule has 9 aromatic rings. The maximum absolute atomic E-state index is 13.0. The smallest absolute Gasteiger partial charge is 0.252 e. The van der Waals surface area contributed by atoms with Crippen molar-refractivity contribution in [1.82, 2.24) is 0 Å². The number of hydrogen-bond acceptors (Lipinski definition) is 4. The third-order valence-electron chi connectivity index (χ3n) is 13.2. The third-order valence-corrected chi connectivity index (χ3v) is 13.4. The van der Waals surface area contributed by atoms with Crippen molar-refractivity contribution in [3.63, 3.8) is 0 Å². The SMILES string of the molecule is C.C#CCCC/C=C/c1ccccc1.O=C(C#CCCC/C=C/c1ccccc1)c1ccccc1.O=C(C#CCCC/C=C/c1ccccc1)c1ccccc1.O=C(Cl)c1ccccc1.O=C(c1ccccc1)c1c2c(cc3ccccc13)CCC2.S. The lowest BCUT2D eigenvalue weighted by Crippen LogP contribution is -2.06. The van der Waals surface area contributed by atoms with Gasteiger partial charge in [0.25, 0.3) is 5.24 Å². The van der Waals surface area contributed by atoms with Crippen LogP contribution in [0.3, 0.4) is 0 Å². The number of terminal acetylenes is 1. The van der Waals surface area contributed by atoms with Gasteiger partial charge >= 0.3 is 0 Å². The molecule has 1 aliphatic rings. The summed E-state index contributed by atoms with van der Waals surface area (Å²) >= 11 is 5.16. The van der Waals surface area contributed by atoms with Crippen molar-refractivity contribution >= 4 is 76.7 Å². The Balaban J connectivity index is 0.000000238. The number of Topliss-reactive ketones (excluding diaryl/α,β-unsaturated/α-hetero) is 2. The molecule has 0 bridgehead atoms. The van der Waals surface area contributed by atoms with E-state index in [-0.39, 0.29) is 38.3 Å². The molecule has 9 aromatic carbocycles. The number of benzene rings is 9. The van der Waals surface area contributed by atoms with E-state index in [0.717, 1.165) is 93.6 Å². The Bertz CT molecular complexity index is 3610. The second-order valence-electron chi connectivity index (χ2n) is 19.6. The number of ketones is 3. The number of halogens is 1. The molecule has 87 heavy (non-hydrogen) atoms. The first-order valence-electron chi connectivity index (χ1n) is 28.9. The highest BCUT2D eigenvalue weighted by atomic mass is 35.5. The Hall–Kier alpha value is -9.54. The van der Waals surface area contributed by atoms with Crippen molar-refractivity contribution in [2.24, 2.45) is 0 Å². The highest BCUT2D eigenvalue weighted by Gasteiger charge is 2.23. The van der Waals surface area contributed by atoms with Crippen molar-refractivity contribution in [2.75, 3.05) is 0 Å². The summed E-state index contributed by atoms with van der Waals surface area (Å²) in [5.74, 6) is 13.9. The Morgan fingerprint density at radius 1 is 0.437 bits per heavy atom. The molecule has 0 aromatic heterocycles. The molecule has 0 fully saturated rings. The van der Waals surface area contributed by atoms with Gasteiger partial charge in [0.2, 0.25) is 11.6 Å². The van der Waals surface area contributed by atoms with Crippen LogP contribution < -0.4 is 0 Å². The molecule has 0 saturated carbocycles. The second-order valence-corrected chi connectivity index (χ2v) is 20.0. The van der Waals surface area contributed by atoms with E-state index in [1.165, 1.54) is 33.2 Å². The first-order valence-corrected chi connectivity index (χ1v) is 29.3. The van der Waals surface area contributed by atoms with Crippen LogP contribution in [0.1, 0.15) is 146 Å². The molecule has 0 radical (unpaired) electrons. The van der Waals surface area contributed by atoms with E-state index in [1.54, 1.807) is 48.5 Å². The number of aryl methyl sites for hydroxylation is 1. The monoisotopic (exact) mass is 1180 g/mol. The van der Waals surface area contributed by atoms with Gasteiger partial charge in [0.05, 0.1) is 0 Å². The van der Waals surface area contributed by atoms with Crippen LogP contribution in [0.2, 0.25) is 0 Å². The number of allylic oxidation sites excluding steroid dienone is 3. The van der Waals surface area contributed by atoms with Gasteiger partial charge in [-0.25, -0.2) is 0 Å². The standard InChI is InChI=1S/C20H16O.2C20H18O.C13H14.C7H5ClO.CH4.H2S/c21-20(14-7-2-1-3-8-14)19-17-11-5-4-9-15(17)13-16-10-6-12-18(16)19;2*21-20(19-15-9-5-10-16-19)17-11-3-1-2-6-12-18-13-7-4-8-14-18;1-2-3-4-5-7-10-13-11-8-6-9-12-13;8-7(9)6-4-2-1-3-5-6;;/h1-5,7-9,11,13H,6,10,12H2;2*4-10,12-16H,1-3H2;1,6-12H,3-5H2;1-5H;1H4;1H2/b;2*12-6+;10-7+;;;. The normalized spacial score (nSPS) is 10.5. The maximum atomic E-state index is 13.0. The van der Waals surface area contributed by atoms with E-state index in [9.17, 15) is 19.2 Å². The summed E-state index contributed by atoms with van der Waals surface area (Å²) in [5.41, 5.74) is 9.86. The van der Waals surface area contributed by atoms with Crippen LogP contribution in [-0.2, 0) is 12.8 Å². The molecule has 10 rings (SSSR count). The fraction of sp³-hybridized carbons (Fsp3) is 0.160. The van der Waals surface area contributed by atoms with Gasteiger partial charge < -0.3 is 0 Å². The van der Waals surface area contributed by atoms with Gasteiger partial charge in [-0.2, -0.15) is 13.5 Å². The summed E-state index contributed by atoms with van der Waals surface area (Å²) in [6, 6.07) is 78.0. The number of rotatable bonds is 17. The van der Waals surface area contributed by atoms with E-state index in [1.807, 2.05) is 140 Å². The van der Waals surface area contributed by atoms with Crippen LogP contribution in [0, 0.1) is 36.0 Å². The molecule has 0 N–H and O–H groups in total. The largest absolute Gasteiger partial charge is 0.289 e. The summed E-state index contributed by atoms with van der Waals surface area (Å²) in [7, 11) is 0. The first-order chi connectivity index (χ1) is 41.8. The highest BCUT2D eigenvalue weighted by molar-refractivity contribution is 7.59. The zero-order valence-electron chi connectivity index (χ0n) is 48.6. The molecule has 0 amide bonds. The Morgan fingerprint density at radius 2 is 0.793 bits per heavy atom. The van der Waals surface area contributed by atoms with E-state index in [4.69, 9.17) is 18.0 Å². The van der Waals surface area contributed by atoms with Crippen molar-refractivity contribution in [3.8, 4) is 36.0 Å². The molecule has 438 valence electrons. The zero-order valence-corrected chi connectivity index (χ0v) is 50.4. The predicted octanol–water partition coefficient (Wildman–Crippen LogP) is 20.4. The predicted molar refractivity (Wildman–Crippen MR) is 373 cm³/mol. The fourth-order valence-corrected chi connectivity index (χ4v) is 9.00. The third kappa shape index (κ3) is 26.5. The average molecular weight is 1180 g/mol. The van der Waals surface area contributed by atoms with Gasteiger partial charge in [0.15, 0.2) is 5.78 Å². The quantitative estimate of drug-likeness (QED) is 0.0300. The Labute approximate surface area is 529 Å². The summed E-state index contributed by atoms with van der Waals surface area (Å²) in [5, 5.41) is 1.86. The van der Waals surface area contributed by atoms with Crippen LogP contribution in [0.4, 0.5) is 0 Å². The van der Waals surface area contributed by atoms with E-state index >= 15 is 0 Å². The van der Waals surface area contributed by atoms with Crippen molar-refractivity contribution in [1.29, 1.82) is 0 Å². The average Bonchev–Trinajstić information content (AvgIpc) is 3.29. The number of carbonyl (C=O) groups excluding carboxylic acids is 4. The Kier molecular flexibility index (Phi) is 34.0. The van der Waals surface area contributed by atoms with Crippen LogP contribution >= 0.6 is 25.1 Å². The molecule has 0 aliphatic heterocycles. The lowest BCUT2D eigenvalue weighted by atomic mass is 9.90. The molecule has 0 spiro atoms. The van der Waals surface area contributed by atoms with Crippen molar-refractivity contribution in [2.45, 2.75) is 84.5 Å². The highest BCUT2D eigenvalue weighted by Crippen LogP contribution is 2.33. The zero-order chi connectivity index (χ0) is 59.8. The van der Waals surface area contributed by atoms with Crippen LogP contribution in [0.5, 0.6) is 0 Å². The van der Waals surface area contributed by atoms with Gasteiger partial charge in [0.1, 0.15) is 0 Å². The van der Waals surface area contributed by atoms with Gasteiger partial charge in [-0.15, -0.1) is 12.3 Å². The maximum Gasteiger partial charge on any atom is 0.252 e. The molecule has 0 atom stereocenters. The van der Waals surface area contributed by atoms with E-state index in [2.05, 4.69) is 121 Å². The molecular weight excluding hydrogens is 1100 g/mol. The number of unbranched alkanes of at least 4 members (excludes halogenated alkanes) is 6. The summed E-state index contributed by atoms with van der Waals surface area (Å²) in [4.78, 5) is 46.9. The molecule has 0 unspecified atom stereocenters. The van der Waals surface area contributed by atoms with Crippen molar-refractivity contribution in [3.05, 3.63) is 317 Å². The molecular formula is C81H77ClO4S. The van der Waals surface area contributed by atoms with Gasteiger partial charge in [-0.1, -0.05) is 298 Å². The van der Waals surface area contributed by atoms with Gasteiger partial charge in [0, 0.05) is 47.1 Å². The molecule has 0 saturated heterocycles. The minimum absolute atomic E-state index is 0. The number of carbonyl (C=O) groups is 4. The van der Waals surface area contributed by atoms with Gasteiger partial charge in [-0.05, 0) is 120 Å². The summed E-state index contributed by atoms with van der Waals surface area (Å²) in [6.07, 6.45) is 29.7. The fourth-order valence-electron chi connectivity index (χ4n) is 8.87. The lowest BCUT2D eigenvalue weighted by molar-refractivity contribution is 0.103. The summed E-state index contributed by atoms with van der Waals surface area (Å²) in [6.45, 7) is 0. The van der Waals surface area contributed by atoms with Crippen LogP contribution in [0.25, 0.3) is 29.0 Å². The van der Waals surface area contributed by atoms with E-state index in [0.29, 0.717) is 16.7 Å². The van der Waals surface area contributed by atoms with E-state index < -0.39 is 5.24 Å². The molecule has 4 nitrogen and oxygen atoms in total. The second kappa shape index (κ2) is 42.3. The minimum Gasteiger partial charge on any atom is -0.289 e. The lowest BCUT2D eigenvalue weighted by Gasteiger charge is -2.12. The molecule has 0 heterocycles. The van der Waals surface area contributed by atoms with Gasteiger partial charge in [-0.3, -0.25) is 19.2 Å². The molecule has 1 aliphatic carbocycles. The Morgan fingerprint density at radius 3 is 1.18 bits per heavy atom. The van der Waals surface area contributed by atoms with Crippen LogP contribution in [-0.4, -0.2) is 22.6 Å². The first kappa shape index (κ1) is 69.9. The van der Waals surface area contributed by atoms with Crippen molar-refractivity contribution < 1.29 is 19.2 Å². The number of fused-ring (bicyclic) bond motifs is 2. The minimum atomic E-state index is -0.407. The molecule has 6 heteroatoms. The van der Waals surface area contributed by atoms with Crippen LogP contribution in [0.15, 0.2) is 261 Å². The topological polar surface area (TPSA) is 68.3 Å². The number of hydrogen-bond donors (Lipinski definition) is 0. The summed E-state index contributed by atoms with van der Waals surface area (Å²) < 4.78 is 0.